The zero-order chi connectivity index (χ0) is 18.0. The smallest absolute Gasteiger partial charge is 0.331 e. The third-order valence-electron chi connectivity index (χ3n) is 4.46. The van der Waals surface area contributed by atoms with Crippen LogP contribution in [-0.2, 0) is 4.79 Å². The summed E-state index contributed by atoms with van der Waals surface area (Å²) < 4.78 is 5.26. The molecule has 0 bridgehead atoms. The van der Waals surface area contributed by atoms with E-state index in [1.165, 1.54) is 5.56 Å². The van der Waals surface area contributed by atoms with Crippen molar-refractivity contribution in [3.63, 3.8) is 0 Å². The van der Waals surface area contributed by atoms with Gasteiger partial charge in [-0.25, -0.2) is 4.79 Å². The van der Waals surface area contributed by atoms with E-state index in [1.54, 1.807) is 36.4 Å². The first-order valence-electron chi connectivity index (χ1n) is 8.27. The second kappa shape index (κ2) is 6.89. The van der Waals surface area contributed by atoms with Crippen LogP contribution in [0.15, 0.2) is 48.5 Å². The van der Waals surface area contributed by atoms with Crippen molar-refractivity contribution in [2.24, 2.45) is 0 Å². The standard InChI is InChI=1S/C20H19NO4/c1-3-13(2)14-8-10-15(11-9-14)25-18(22)12-21-19(23)16-6-4-5-7-17(16)20(21)24/h4-11,13H,3,12H2,1-2H3/t13-/m1/s1. The van der Waals surface area contributed by atoms with Gasteiger partial charge in [-0.15, -0.1) is 0 Å². The molecule has 0 saturated carbocycles. The average Bonchev–Trinajstić information content (AvgIpc) is 2.87. The molecule has 1 atom stereocenters. The predicted octanol–water partition coefficient (Wildman–Crippen LogP) is 3.40. The Kier molecular flexibility index (Phi) is 4.65. The van der Waals surface area contributed by atoms with Gasteiger partial charge in [-0.2, -0.15) is 0 Å². The molecule has 0 spiro atoms. The summed E-state index contributed by atoms with van der Waals surface area (Å²) in [6, 6.07) is 13.8. The predicted molar refractivity (Wildman–Crippen MR) is 92.6 cm³/mol. The van der Waals surface area contributed by atoms with E-state index in [4.69, 9.17) is 4.74 Å². The van der Waals surface area contributed by atoms with Crippen molar-refractivity contribution < 1.29 is 19.1 Å². The van der Waals surface area contributed by atoms with Crippen LogP contribution >= 0.6 is 0 Å². The normalized spacial score (nSPS) is 14.4. The zero-order valence-corrected chi connectivity index (χ0v) is 14.2. The van der Waals surface area contributed by atoms with Crippen molar-refractivity contribution in [1.82, 2.24) is 4.90 Å². The van der Waals surface area contributed by atoms with Crippen LogP contribution in [-0.4, -0.2) is 29.2 Å². The Morgan fingerprint density at radius 1 is 1.00 bits per heavy atom. The van der Waals surface area contributed by atoms with Gasteiger partial charge >= 0.3 is 5.97 Å². The molecule has 0 unspecified atom stereocenters. The van der Waals surface area contributed by atoms with Crippen LogP contribution in [0.4, 0.5) is 0 Å². The van der Waals surface area contributed by atoms with Gasteiger partial charge < -0.3 is 4.74 Å². The fraction of sp³-hybridized carbons (Fsp3) is 0.250. The largest absolute Gasteiger partial charge is 0.425 e. The Labute approximate surface area is 146 Å². The maximum absolute atomic E-state index is 12.2. The van der Waals surface area contributed by atoms with Crippen molar-refractivity contribution >= 4 is 17.8 Å². The fourth-order valence-corrected chi connectivity index (χ4v) is 2.78. The molecule has 0 fully saturated rings. The summed E-state index contributed by atoms with van der Waals surface area (Å²) in [4.78, 5) is 37.5. The van der Waals surface area contributed by atoms with Gasteiger partial charge in [0.15, 0.2) is 0 Å². The first-order chi connectivity index (χ1) is 12.0. The third-order valence-corrected chi connectivity index (χ3v) is 4.46. The molecule has 0 N–H and O–H groups in total. The van der Waals surface area contributed by atoms with Crippen LogP contribution in [0.1, 0.15) is 52.5 Å². The number of fused-ring (bicyclic) bond motifs is 1. The molecule has 25 heavy (non-hydrogen) atoms. The highest BCUT2D eigenvalue weighted by Gasteiger charge is 2.36. The topological polar surface area (TPSA) is 63.7 Å². The number of amides is 2. The summed E-state index contributed by atoms with van der Waals surface area (Å²) >= 11 is 0. The van der Waals surface area contributed by atoms with E-state index in [0.29, 0.717) is 22.8 Å². The number of carbonyl (C=O) groups is 3. The van der Waals surface area contributed by atoms with E-state index >= 15 is 0 Å². The minimum atomic E-state index is -0.647. The number of carbonyl (C=O) groups excluding carboxylic acids is 3. The van der Waals surface area contributed by atoms with Crippen LogP contribution in [0, 0.1) is 0 Å². The van der Waals surface area contributed by atoms with Crippen LogP contribution in [0.5, 0.6) is 5.75 Å². The summed E-state index contributed by atoms with van der Waals surface area (Å²) in [5, 5.41) is 0. The molecule has 1 heterocycles. The van der Waals surface area contributed by atoms with Gasteiger partial charge in [0.2, 0.25) is 0 Å². The molecule has 2 aromatic carbocycles. The van der Waals surface area contributed by atoms with Crippen molar-refractivity contribution in [1.29, 1.82) is 0 Å². The quantitative estimate of drug-likeness (QED) is 0.476. The van der Waals surface area contributed by atoms with Crippen LogP contribution in [0.2, 0.25) is 0 Å². The first kappa shape index (κ1) is 16.9. The number of ether oxygens (including phenoxy) is 1. The number of hydrogen-bond acceptors (Lipinski definition) is 4. The SMILES string of the molecule is CC[C@@H](C)c1ccc(OC(=O)CN2C(=O)c3ccccc3C2=O)cc1. The second-order valence-corrected chi connectivity index (χ2v) is 6.09. The maximum Gasteiger partial charge on any atom is 0.331 e. The monoisotopic (exact) mass is 337 g/mol. The van der Waals surface area contributed by atoms with Gasteiger partial charge in [0.1, 0.15) is 12.3 Å². The van der Waals surface area contributed by atoms with E-state index in [9.17, 15) is 14.4 Å². The lowest BCUT2D eigenvalue weighted by molar-refractivity contribution is -0.134. The molecule has 0 radical (unpaired) electrons. The molecule has 2 amide bonds. The molecule has 128 valence electrons. The zero-order valence-electron chi connectivity index (χ0n) is 14.2. The van der Waals surface area contributed by atoms with Crippen molar-refractivity contribution in [3.05, 3.63) is 65.2 Å². The molecule has 0 aliphatic carbocycles. The molecule has 0 aromatic heterocycles. The molecular formula is C20H19NO4. The van der Waals surface area contributed by atoms with E-state index in [-0.39, 0.29) is 0 Å². The fourth-order valence-electron chi connectivity index (χ4n) is 2.78. The number of imide groups is 1. The van der Waals surface area contributed by atoms with Crippen molar-refractivity contribution in [2.45, 2.75) is 26.2 Å². The first-order valence-corrected chi connectivity index (χ1v) is 8.27. The Morgan fingerprint density at radius 2 is 1.56 bits per heavy atom. The Hall–Kier alpha value is -2.95. The lowest BCUT2D eigenvalue weighted by atomic mass is 9.99. The molecule has 2 aromatic rings. The van der Waals surface area contributed by atoms with Gasteiger partial charge in [0, 0.05) is 0 Å². The number of rotatable bonds is 5. The number of nitrogens with zero attached hydrogens (tertiary/aromatic N) is 1. The van der Waals surface area contributed by atoms with E-state index in [0.717, 1.165) is 11.3 Å². The molecular weight excluding hydrogens is 318 g/mol. The Balaban J connectivity index is 1.66. The average molecular weight is 337 g/mol. The molecule has 5 nitrogen and oxygen atoms in total. The van der Waals surface area contributed by atoms with Crippen molar-refractivity contribution in [3.8, 4) is 5.75 Å². The van der Waals surface area contributed by atoms with Crippen LogP contribution in [0.25, 0.3) is 0 Å². The highest BCUT2D eigenvalue weighted by molar-refractivity contribution is 6.22. The van der Waals surface area contributed by atoms with Gasteiger partial charge in [0.05, 0.1) is 11.1 Å². The van der Waals surface area contributed by atoms with Gasteiger partial charge in [0.25, 0.3) is 11.8 Å². The number of esters is 1. The molecule has 1 aliphatic heterocycles. The second-order valence-electron chi connectivity index (χ2n) is 6.09. The molecule has 5 heteroatoms. The Morgan fingerprint density at radius 3 is 2.08 bits per heavy atom. The number of hydrogen-bond donors (Lipinski definition) is 0. The van der Waals surface area contributed by atoms with Gasteiger partial charge in [-0.05, 0) is 42.2 Å². The van der Waals surface area contributed by atoms with E-state index < -0.39 is 24.3 Å². The minimum absolute atomic E-state index is 0.318. The highest BCUT2D eigenvalue weighted by atomic mass is 16.5. The van der Waals surface area contributed by atoms with Crippen molar-refractivity contribution in [2.75, 3.05) is 6.54 Å². The highest BCUT2D eigenvalue weighted by Crippen LogP contribution is 2.23. The van der Waals surface area contributed by atoms with Gasteiger partial charge in [-0.1, -0.05) is 38.1 Å². The summed E-state index contributed by atoms with van der Waals surface area (Å²) in [5.41, 5.74) is 1.80. The lowest BCUT2D eigenvalue weighted by Gasteiger charge is -2.13. The number of benzene rings is 2. The van der Waals surface area contributed by atoms with Crippen LogP contribution < -0.4 is 4.74 Å². The summed E-state index contributed by atoms with van der Waals surface area (Å²) in [5.74, 6) is -0.753. The summed E-state index contributed by atoms with van der Waals surface area (Å²) in [7, 11) is 0. The maximum atomic E-state index is 12.2. The molecule has 0 saturated heterocycles. The third kappa shape index (κ3) is 3.31. The van der Waals surface area contributed by atoms with Crippen LogP contribution in [0.3, 0.4) is 0 Å². The van der Waals surface area contributed by atoms with E-state index in [1.807, 2.05) is 12.1 Å². The Bertz CT molecular complexity index is 791. The van der Waals surface area contributed by atoms with Gasteiger partial charge in [-0.3, -0.25) is 14.5 Å². The lowest BCUT2D eigenvalue weighted by Crippen LogP contribution is -2.36. The summed E-state index contributed by atoms with van der Waals surface area (Å²) in [6.45, 7) is 3.84. The minimum Gasteiger partial charge on any atom is -0.425 e. The molecule has 3 rings (SSSR count). The summed E-state index contributed by atoms with van der Waals surface area (Å²) in [6.07, 6.45) is 1.03. The van der Waals surface area contributed by atoms with E-state index in [2.05, 4.69) is 13.8 Å². The molecule has 1 aliphatic rings.